The minimum atomic E-state index is -0.667. The molecule has 2 atom stereocenters. The van der Waals surface area contributed by atoms with E-state index in [-0.39, 0.29) is 29.3 Å². The summed E-state index contributed by atoms with van der Waals surface area (Å²) in [6.07, 6.45) is 0.665. The first kappa shape index (κ1) is 10.5. The van der Waals surface area contributed by atoms with Crippen LogP contribution in [-0.4, -0.2) is 36.4 Å². The molecule has 1 saturated heterocycles. The number of nitrogens with one attached hydrogen (secondary N) is 1. The van der Waals surface area contributed by atoms with Crippen LogP contribution in [0.3, 0.4) is 0 Å². The van der Waals surface area contributed by atoms with Crippen LogP contribution in [0.15, 0.2) is 16.7 Å². The molecule has 5 nitrogen and oxygen atoms in total. The molecule has 0 saturated carbocycles. The molecule has 1 aromatic heterocycles. The summed E-state index contributed by atoms with van der Waals surface area (Å²) in [5.41, 5.74) is 0.260. The third-order valence-corrected chi connectivity index (χ3v) is 2.52. The summed E-state index contributed by atoms with van der Waals surface area (Å²) in [4.78, 5) is 11.6. The summed E-state index contributed by atoms with van der Waals surface area (Å²) in [5, 5.41) is 12.1. The van der Waals surface area contributed by atoms with Crippen LogP contribution in [-0.2, 0) is 4.74 Å². The Bertz CT molecular complexity index is 365. The number of carbonyl (C=O) groups is 1. The van der Waals surface area contributed by atoms with Gasteiger partial charge >= 0.3 is 0 Å². The van der Waals surface area contributed by atoms with E-state index in [0.29, 0.717) is 6.61 Å². The third-order valence-electron chi connectivity index (χ3n) is 2.23. The van der Waals surface area contributed by atoms with E-state index in [9.17, 15) is 9.90 Å². The Morgan fingerprint density at radius 3 is 2.93 bits per heavy atom. The number of halogens is 1. The van der Waals surface area contributed by atoms with Crippen molar-refractivity contribution in [3.8, 4) is 0 Å². The lowest BCUT2D eigenvalue weighted by atomic mass is 10.2. The topological polar surface area (TPSA) is 71.7 Å². The first-order valence-corrected chi connectivity index (χ1v) is 4.86. The molecule has 15 heavy (non-hydrogen) atoms. The molecule has 2 rings (SSSR count). The van der Waals surface area contributed by atoms with Crippen LogP contribution in [0.5, 0.6) is 0 Å². The molecule has 2 N–H and O–H groups in total. The van der Waals surface area contributed by atoms with E-state index in [1.54, 1.807) is 0 Å². The highest BCUT2D eigenvalue weighted by Gasteiger charge is 2.28. The fourth-order valence-corrected chi connectivity index (χ4v) is 1.58. The number of hydrogen-bond donors (Lipinski definition) is 2. The van der Waals surface area contributed by atoms with E-state index in [4.69, 9.17) is 20.8 Å². The van der Waals surface area contributed by atoms with Crippen LogP contribution in [0, 0.1) is 0 Å². The van der Waals surface area contributed by atoms with Gasteiger partial charge in [0.25, 0.3) is 5.91 Å². The van der Waals surface area contributed by atoms with Gasteiger partial charge in [-0.25, -0.2) is 0 Å². The number of aliphatic hydroxyl groups excluding tert-OH is 1. The van der Waals surface area contributed by atoms with Crippen LogP contribution in [0.4, 0.5) is 0 Å². The smallest absolute Gasteiger partial charge is 0.256 e. The van der Waals surface area contributed by atoms with Gasteiger partial charge in [0.15, 0.2) is 0 Å². The number of amides is 1. The molecule has 0 unspecified atom stereocenters. The van der Waals surface area contributed by atoms with Gasteiger partial charge in [0, 0.05) is 0 Å². The monoisotopic (exact) mass is 231 g/mol. The number of carbonyl (C=O) groups excluding carboxylic acids is 1. The van der Waals surface area contributed by atoms with Crippen molar-refractivity contribution in [2.45, 2.75) is 12.1 Å². The minimum absolute atomic E-state index is 0.0425. The second-order valence-electron chi connectivity index (χ2n) is 3.29. The maximum Gasteiger partial charge on any atom is 0.256 e. The normalized spacial score (nSPS) is 25.5. The predicted octanol–water partition coefficient (Wildman–Crippen LogP) is 0.422. The molecule has 82 valence electrons. The zero-order valence-corrected chi connectivity index (χ0v) is 8.53. The highest BCUT2D eigenvalue weighted by atomic mass is 35.5. The van der Waals surface area contributed by atoms with Crippen molar-refractivity contribution in [1.82, 2.24) is 5.32 Å². The molecule has 0 bridgehead atoms. The summed E-state index contributed by atoms with van der Waals surface area (Å²) in [6.45, 7) is 0.548. The van der Waals surface area contributed by atoms with Gasteiger partial charge < -0.3 is 19.6 Å². The van der Waals surface area contributed by atoms with Crippen LogP contribution in [0.25, 0.3) is 0 Å². The van der Waals surface area contributed by atoms with Gasteiger partial charge in [-0.3, -0.25) is 4.79 Å². The first-order chi connectivity index (χ1) is 7.18. The van der Waals surface area contributed by atoms with E-state index >= 15 is 0 Å². The summed E-state index contributed by atoms with van der Waals surface area (Å²) in [6, 6.07) is 1.09. The molecule has 0 aromatic carbocycles. The second kappa shape index (κ2) is 4.22. The van der Waals surface area contributed by atoms with Crippen molar-refractivity contribution < 1.29 is 19.1 Å². The molecule has 1 aliphatic heterocycles. The van der Waals surface area contributed by atoms with Gasteiger partial charge in [0.1, 0.15) is 0 Å². The van der Waals surface area contributed by atoms with Gasteiger partial charge in [-0.1, -0.05) is 0 Å². The Hall–Kier alpha value is -1.04. The highest BCUT2D eigenvalue weighted by Crippen LogP contribution is 2.17. The Morgan fingerprint density at radius 2 is 2.40 bits per heavy atom. The maximum atomic E-state index is 11.6. The lowest BCUT2D eigenvalue weighted by Gasteiger charge is -2.13. The van der Waals surface area contributed by atoms with Gasteiger partial charge in [0.05, 0.1) is 37.2 Å². The molecule has 6 heteroatoms. The first-order valence-electron chi connectivity index (χ1n) is 4.48. The highest BCUT2D eigenvalue weighted by molar-refractivity contribution is 6.32. The molecule has 0 aliphatic carbocycles. The maximum absolute atomic E-state index is 11.6. The number of furan rings is 1. The van der Waals surface area contributed by atoms with Gasteiger partial charge in [0.2, 0.25) is 5.22 Å². The lowest BCUT2D eigenvalue weighted by Crippen LogP contribution is -2.42. The van der Waals surface area contributed by atoms with E-state index < -0.39 is 6.10 Å². The average Bonchev–Trinajstić information content (AvgIpc) is 2.76. The molecule has 0 spiro atoms. The van der Waals surface area contributed by atoms with Crippen LogP contribution in [0.2, 0.25) is 5.22 Å². The number of hydrogen-bond acceptors (Lipinski definition) is 4. The van der Waals surface area contributed by atoms with E-state index in [0.717, 1.165) is 0 Å². The van der Waals surface area contributed by atoms with E-state index in [2.05, 4.69) is 5.32 Å². The second-order valence-corrected chi connectivity index (χ2v) is 3.64. The van der Waals surface area contributed by atoms with Gasteiger partial charge in [-0.15, -0.1) is 0 Å². The van der Waals surface area contributed by atoms with Crippen molar-refractivity contribution in [1.29, 1.82) is 0 Å². The molecule has 2 heterocycles. The summed E-state index contributed by atoms with van der Waals surface area (Å²) in [5.74, 6) is -0.372. The van der Waals surface area contributed by atoms with Crippen LogP contribution in [0.1, 0.15) is 10.4 Å². The van der Waals surface area contributed by atoms with Gasteiger partial charge in [-0.2, -0.15) is 0 Å². The molecular formula is C9H10ClNO4. The van der Waals surface area contributed by atoms with Crippen LogP contribution < -0.4 is 5.32 Å². The van der Waals surface area contributed by atoms with E-state index in [1.807, 2.05) is 0 Å². The Kier molecular flexibility index (Phi) is 2.95. The fraction of sp³-hybridized carbons (Fsp3) is 0.444. The van der Waals surface area contributed by atoms with Crippen LogP contribution >= 0.6 is 11.6 Å². The number of ether oxygens (including phenoxy) is 1. The molecule has 1 fully saturated rings. The van der Waals surface area contributed by atoms with Crippen molar-refractivity contribution in [3.05, 3.63) is 23.1 Å². The van der Waals surface area contributed by atoms with Crippen molar-refractivity contribution in [2.75, 3.05) is 13.2 Å². The summed E-state index contributed by atoms with van der Waals surface area (Å²) >= 11 is 5.64. The summed E-state index contributed by atoms with van der Waals surface area (Å²) in [7, 11) is 0. The van der Waals surface area contributed by atoms with Gasteiger partial charge in [-0.05, 0) is 17.7 Å². The van der Waals surface area contributed by atoms with Crippen molar-refractivity contribution in [3.63, 3.8) is 0 Å². The average molecular weight is 232 g/mol. The predicted molar refractivity (Wildman–Crippen MR) is 51.8 cm³/mol. The van der Waals surface area contributed by atoms with Crippen molar-refractivity contribution in [2.24, 2.45) is 0 Å². The summed E-state index contributed by atoms with van der Waals surface area (Å²) < 4.78 is 9.78. The fourth-order valence-electron chi connectivity index (χ4n) is 1.38. The molecule has 0 radical (unpaired) electrons. The zero-order chi connectivity index (χ0) is 10.8. The number of aliphatic hydroxyl groups is 1. The Labute approximate surface area is 91.0 Å². The third kappa shape index (κ3) is 2.14. The lowest BCUT2D eigenvalue weighted by molar-refractivity contribution is 0.0886. The molecule has 1 aromatic rings. The standard InChI is InChI=1S/C9H10ClNO4/c10-8-5(1-2-15-8)9(13)11-6-3-14-4-7(6)12/h1-2,6-7,12H,3-4H2,(H,11,13)/t6-,7-/m1/s1. The zero-order valence-electron chi connectivity index (χ0n) is 7.77. The molecular weight excluding hydrogens is 222 g/mol. The largest absolute Gasteiger partial charge is 0.452 e. The minimum Gasteiger partial charge on any atom is -0.452 e. The quantitative estimate of drug-likeness (QED) is 0.774. The Morgan fingerprint density at radius 1 is 1.60 bits per heavy atom. The number of rotatable bonds is 2. The molecule has 1 amide bonds. The Balaban J connectivity index is 2.01. The van der Waals surface area contributed by atoms with E-state index in [1.165, 1.54) is 12.3 Å². The molecule has 1 aliphatic rings. The van der Waals surface area contributed by atoms with Crippen molar-refractivity contribution >= 4 is 17.5 Å². The SMILES string of the molecule is O=C(N[C@@H]1COC[C@H]1O)c1ccoc1Cl.